The lowest BCUT2D eigenvalue weighted by Gasteiger charge is -2.61. The molecule has 5 fully saturated rings. The number of aliphatic hydroxyl groups is 1. The van der Waals surface area contributed by atoms with Crippen LogP contribution < -0.4 is 0 Å². The van der Waals surface area contributed by atoms with Crippen LogP contribution in [0, 0.1) is 10.8 Å². The number of carbonyl (C=O) groups is 1. The third-order valence-electron chi connectivity index (χ3n) is 9.96. The molecule has 2 amide bonds. The molecule has 2 spiro atoms. The standard InChI is InChI=1S/C27H32F3N5O4S/c28-27(29,30)18-2-1-3-20(10-18)40(38,39)19-4-6-24(7-5-19)13-34(14-24)23(36)35-15-25(16-35)11-17(12-25)21-31-22(33-32-21)26(37)8-9-26/h1-3,10,17,19,37H,4-9,11-16H2,(H,31,32,33). The third kappa shape index (κ3) is 4.22. The smallest absolute Gasteiger partial charge is 0.382 e. The predicted molar refractivity (Wildman–Crippen MR) is 136 cm³/mol. The molecule has 2 saturated heterocycles. The monoisotopic (exact) mass is 579 g/mol. The van der Waals surface area contributed by atoms with Gasteiger partial charge in [-0.25, -0.2) is 18.2 Å². The van der Waals surface area contributed by atoms with Crippen LogP contribution in [0.5, 0.6) is 0 Å². The fraction of sp³-hybridized carbons (Fsp3) is 0.667. The van der Waals surface area contributed by atoms with Gasteiger partial charge < -0.3 is 14.9 Å². The van der Waals surface area contributed by atoms with Gasteiger partial charge in [0.05, 0.1) is 15.7 Å². The summed E-state index contributed by atoms with van der Waals surface area (Å²) in [7, 11) is -3.87. The molecule has 0 unspecified atom stereocenters. The van der Waals surface area contributed by atoms with Crippen LogP contribution in [-0.4, -0.2) is 76.0 Å². The van der Waals surface area contributed by atoms with Crippen LogP contribution in [-0.2, 0) is 21.6 Å². The number of alkyl halides is 3. The van der Waals surface area contributed by atoms with E-state index in [2.05, 4.69) is 15.2 Å². The normalized spacial score (nSPS) is 25.4. The van der Waals surface area contributed by atoms with Crippen LogP contribution in [0.15, 0.2) is 29.2 Å². The van der Waals surface area contributed by atoms with Crippen molar-refractivity contribution in [3.8, 4) is 0 Å². The lowest BCUT2D eigenvalue weighted by atomic mass is 9.57. The first kappa shape index (κ1) is 26.2. The van der Waals surface area contributed by atoms with Gasteiger partial charge >= 0.3 is 12.2 Å². The highest BCUT2D eigenvalue weighted by molar-refractivity contribution is 7.92. The number of benzene rings is 1. The maximum absolute atomic E-state index is 13.1. The Hall–Kier alpha value is -2.67. The summed E-state index contributed by atoms with van der Waals surface area (Å²) in [6.07, 6.45) is 0.733. The zero-order chi connectivity index (χ0) is 28.1. The first-order valence-corrected chi connectivity index (χ1v) is 15.4. The Balaban J connectivity index is 0.884. The van der Waals surface area contributed by atoms with E-state index in [1.807, 2.05) is 9.80 Å². The molecule has 2 N–H and O–H groups in total. The van der Waals surface area contributed by atoms with Crippen molar-refractivity contribution in [3.63, 3.8) is 0 Å². The number of aromatic nitrogens is 3. The molecule has 1 aromatic heterocycles. The van der Waals surface area contributed by atoms with Gasteiger partial charge in [-0.1, -0.05) is 6.07 Å². The minimum Gasteiger partial charge on any atom is -0.382 e. The molecule has 3 aliphatic carbocycles. The number of nitrogens with one attached hydrogen (secondary N) is 1. The van der Waals surface area contributed by atoms with Gasteiger partial charge in [-0.2, -0.15) is 18.3 Å². The van der Waals surface area contributed by atoms with Crippen molar-refractivity contribution < 1.29 is 31.5 Å². The molecule has 3 saturated carbocycles. The highest BCUT2D eigenvalue weighted by Gasteiger charge is 2.57. The van der Waals surface area contributed by atoms with E-state index in [0.29, 0.717) is 70.5 Å². The van der Waals surface area contributed by atoms with Crippen molar-refractivity contribution in [3.05, 3.63) is 41.5 Å². The SMILES string of the molecule is O=C(N1CC2(CCC(S(=O)(=O)c3cccc(C(F)(F)F)c3)CC2)C1)N1CC2(CC(c3nc(C4(O)CC4)n[nH]3)C2)C1. The highest BCUT2D eigenvalue weighted by atomic mass is 32.2. The first-order valence-electron chi connectivity index (χ1n) is 13.9. The van der Waals surface area contributed by atoms with Gasteiger partial charge in [0.1, 0.15) is 11.4 Å². The highest BCUT2D eigenvalue weighted by Crippen LogP contribution is 2.56. The summed E-state index contributed by atoms with van der Waals surface area (Å²) in [6.45, 7) is 2.62. The second-order valence-electron chi connectivity index (χ2n) is 12.9. The Labute approximate surface area is 230 Å². The molecule has 0 radical (unpaired) electrons. The number of urea groups is 1. The van der Waals surface area contributed by atoms with Crippen LogP contribution in [0.1, 0.15) is 74.5 Å². The Bertz CT molecular complexity index is 1440. The number of rotatable bonds is 4. The van der Waals surface area contributed by atoms with Gasteiger partial charge in [-0.3, -0.25) is 5.10 Å². The van der Waals surface area contributed by atoms with Crippen molar-refractivity contribution in [2.24, 2.45) is 10.8 Å². The van der Waals surface area contributed by atoms with Crippen LogP contribution in [0.25, 0.3) is 0 Å². The number of hydrogen-bond donors (Lipinski definition) is 2. The number of aromatic amines is 1. The second-order valence-corrected chi connectivity index (χ2v) is 15.2. The Morgan fingerprint density at radius 2 is 1.62 bits per heavy atom. The number of sulfone groups is 1. The van der Waals surface area contributed by atoms with E-state index in [9.17, 15) is 31.5 Å². The third-order valence-corrected chi connectivity index (χ3v) is 12.2. The zero-order valence-electron chi connectivity index (χ0n) is 22.0. The summed E-state index contributed by atoms with van der Waals surface area (Å²) in [4.78, 5) is 21.0. The maximum atomic E-state index is 13.1. The van der Waals surface area contributed by atoms with Gasteiger partial charge in [0, 0.05) is 42.9 Å². The number of halogens is 3. The molecule has 0 atom stereocenters. The van der Waals surface area contributed by atoms with Crippen molar-refractivity contribution in [1.29, 1.82) is 0 Å². The van der Waals surface area contributed by atoms with E-state index in [0.717, 1.165) is 36.9 Å². The number of likely N-dealkylation sites (tertiary alicyclic amines) is 2. The summed E-state index contributed by atoms with van der Waals surface area (Å²) >= 11 is 0. The van der Waals surface area contributed by atoms with Crippen molar-refractivity contribution in [1.82, 2.24) is 25.0 Å². The molecule has 7 rings (SSSR count). The van der Waals surface area contributed by atoms with Gasteiger partial charge in [0.2, 0.25) is 0 Å². The molecule has 2 aliphatic heterocycles. The van der Waals surface area contributed by atoms with Gasteiger partial charge in [-0.15, -0.1) is 0 Å². The molecule has 9 nitrogen and oxygen atoms in total. The molecular weight excluding hydrogens is 547 g/mol. The van der Waals surface area contributed by atoms with E-state index < -0.39 is 32.4 Å². The largest absolute Gasteiger partial charge is 0.416 e. The van der Waals surface area contributed by atoms with Crippen LogP contribution in [0.3, 0.4) is 0 Å². The Kier molecular flexibility index (Phi) is 5.53. The lowest BCUT2D eigenvalue weighted by molar-refractivity contribution is -0.137. The minimum absolute atomic E-state index is 0.0244. The summed E-state index contributed by atoms with van der Waals surface area (Å²) in [5.74, 6) is 1.58. The van der Waals surface area contributed by atoms with Crippen molar-refractivity contribution in [2.45, 2.75) is 79.2 Å². The van der Waals surface area contributed by atoms with Gasteiger partial charge in [0.25, 0.3) is 0 Å². The zero-order valence-corrected chi connectivity index (χ0v) is 22.8. The molecule has 40 heavy (non-hydrogen) atoms. The molecule has 216 valence electrons. The number of carbonyl (C=O) groups excluding carboxylic acids is 1. The maximum Gasteiger partial charge on any atom is 0.416 e. The van der Waals surface area contributed by atoms with E-state index >= 15 is 0 Å². The average molecular weight is 580 g/mol. The first-order chi connectivity index (χ1) is 18.8. The van der Waals surface area contributed by atoms with Crippen molar-refractivity contribution >= 4 is 15.9 Å². The number of H-pyrrole nitrogens is 1. The minimum atomic E-state index is -4.60. The molecule has 2 aromatic rings. The van der Waals surface area contributed by atoms with Crippen LogP contribution in [0.4, 0.5) is 18.0 Å². The predicted octanol–water partition coefficient (Wildman–Crippen LogP) is 3.82. The molecule has 13 heteroatoms. The van der Waals surface area contributed by atoms with Gasteiger partial charge in [0.15, 0.2) is 15.7 Å². The quantitative estimate of drug-likeness (QED) is 0.569. The Morgan fingerprint density at radius 3 is 2.23 bits per heavy atom. The summed E-state index contributed by atoms with van der Waals surface area (Å²) in [5, 5.41) is 16.6. The van der Waals surface area contributed by atoms with E-state index in [4.69, 9.17) is 0 Å². The molecule has 0 bridgehead atoms. The molecule has 5 aliphatic rings. The number of amides is 2. The number of hydrogen-bond acceptors (Lipinski definition) is 6. The van der Waals surface area contributed by atoms with Gasteiger partial charge in [-0.05, 0) is 69.6 Å². The Morgan fingerprint density at radius 1 is 1.00 bits per heavy atom. The van der Waals surface area contributed by atoms with E-state index in [1.54, 1.807) is 0 Å². The molecular formula is C27H32F3N5O4S. The summed E-state index contributed by atoms with van der Waals surface area (Å²) < 4.78 is 65.4. The second kappa shape index (κ2) is 8.43. The fourth-order valence-corrected chi connectivity index (χ4v) is 9.11. The van der Waals surface area contributed by atoms with E-state index in [-0.39, 0.29) is 27.7 Å². The molecule has 1 aromatic carbocycles. The van der Waals surface area contributed by atoms with Crippen LogP contribution in [0.2, 0.25) is 0 Å². The van der Waals surface area contributed by atoms with Crippen LogP contribution >= 0.6 is 0 Å². The van der Waals surface area contributed by atoms with E-state index in [1.165, 1.54) is 6.07 Å². The van der Waals surface area contributed by atoms with Crippen molar-refractivity contribution in [2.75, 3.05) is 26.2 Å². The summed E-state index contributed by atoms with van der Waals surface area (Å²) in [6, 6.07) is 4.02. The average Bonchev–Trinajstić information content (AvgIpc) is 3.40. The number of nitrogens with zero attached hydrogens (tertiary/aromatic N) is 4. The molecule has 3 heterocycles. The summed E-state index contributed by atoms with van der Waals surface area (Å²) in [5.41, 5.74) is -1.78. The topological polar surface area (TPSA) is 119 Å². The fourth-order valence-electron chi connectivity index (χ4n) is 7.31. The lowest BCUT2D eigenvalue weighted by Crippen LogP contribution is -2.69.